The number of fused-ring (bicyclic) bond motifs is 1. The molecule has 9 nitrogen and oxygen atoms in total. The Morgan fingerprint density at radius 3 is 2.45 bits per heavy atom. The number of nitro groups is 1. The lowest BCUT2D eigenvalue weighted by molar-refractivity contribution is -0.384. The molecule has 1 aliphatic heterocycles. The van der Waals surface area contributed by atoms with Gasteiger partial charge in [-0.2, -0.15) is 13.2 Å². The number of benzene rings is 1. The number of non-ortho nitro benzene ring substituents is 1. The minimum atomic E-state index is -4.72. The second-order valence-corrected chi connectivity index (χ2v) is 6.13. The van der Waals surface area contributed by atoms with Crippen molar-refractivity contribution >= 4 is 23.4 Å². The lowest BCUT2D eigenvalue weighted by Crippen LogP contribution is -2.45. The van der Waals surface area contributed by atoms with Crippen LogP contribution in [0.4, 0.5) is 18.9 Å². The van der Waals surface area contributed by atoms with E-state index in [0.29, 0.717) is 9.80 Å². The van der Waals surface area contributed by atoms with Gasteiger partial charge in [0.1, 0.15) is 18.8 Å². The summed E-state index contributed by atoms with van der Waals surface area (Å²) in [6, 6.07) is 5.77. The maximum atomic E-state index is 12.9. The van der Waals surface area contributed by atoms with Crippen molar-refractivity contribution in [3.05, 3.63) is 63.6 Å². The molecule has 0 bridgehead atoms. The standard InChI is InChI=1S/C17H12F3N3O6/c18-17(19,20)9-21(7-11-2-1-5-29-11)14(24)8-22-15(25)12-4-3-10(23(27)28)6-13(12)16(22)26/h1-6H,7-9H2. The number of hydrogen-bond donors (Lipinski definition) is 0. The van der Waals surface area contributed by atoms with Crippen molar-refractivity contribution in [2.75, 3.05) is 13.1 Å². The zero-order valence-electron chi connectivity index (χ0n) is 14.5. The maximum absolute atomic E-state index is 12.9. The second-order valence-electron chi connectivity index (χ2n) is 6.13. The van der Waals surface area contributed by atoms with Gasteiger partial charge in [0.15, 0.2) is 0 Å². The summed E-state index contributed by atoms with van der Waals surface area (Å²) in [5, 5.41) is 10.8. The summed E-state index contributed by atoms with van der Waals surface area (Å²) >= 11 is 0. The smallest absolute Gasteiger partial charge is 0.406 e. The molecule has 3 amide bonds. The van der Waals surface area contributed by atoms with E-state index in [1.807, 2.05) is 0 Å². The van der Waals surface area contributed by atoms with Crippen LogP contribution in [0.1, 0.15) is 26.5 Å². The van der Waals surface area contributed by atoms with Crippen LogP contribution >= 0.6 is 0 Å². The zero-order valence-corrected chi connectivity index (χ0v) is 14.5. The van der Waals surface area contributed by atoms with Gasteiger partial charge in [-0.25, -0.2) is 0 Å². The fourth-order valence-corrected chi connectivity index (χ4v) is 2.81. The molecule has 1 aliphatic rings. The highest BCUT2D eigenvalue weighted by atomic mass is 19.4. The first kappa shape index (κ1) is 20.0. The largest absolute Gasteiger partial charge is 0.467 e. The average Bonchev–Trinajstić information content (AvgIpc) is 3.22. The summed E-state index contributed by atoms with van der Waals surface area (Å²) in [6.45, 7) is -3.07. The van der Waals surface area contributed by atoms with E-state index in [2.05, 4.69) is 0 Å². The van der Waals surface area contributed by atoms with Crippen molar-refractivity contribution in [2.45, 2.75) is 12.7 Å². The van der Waals surface area contributed by atoms with Crippen LogP contribution in [0.5, 0.6) is 0 Å². The van der Waals surface area contributed by atoms with Gasteiger partial charge in [0.2, 0.25) is 5.91 Å². The molecule has 0 fully saturated rings. The van der Waals surface area contributed by atoms with E-state index in [4.69, 9.17) is 4.42 Å². The van der Waals surface area contributed by atoms with E-state index in [0.717, 1.165) is 18.2 Å². The third-order valence-electron chi connectivity index (χ3n) is 4.11. The van der Waals surface area contributed by atoms with Crippen LogP contribution in [0, 0.1) is 10.1 Å². The van der Waals surface area contributed by atoms with Crippen molar-refractivity contribution in [3.63, 3.8) is 0 Å². The third kappa shape index (κ3) is 4.25. The molecule has 0 N–H and O–H groups in total. The maximum Gasteiger partial charge on any atom is 0.406 e. The summed E-state index contributed by atoms with van der Waals surface area (Å²) in [5.74, 6) is -2.96. The highest BCUT2D eigenvalue weighted by Gasteiger charge is 2.40. The molecule has 12 heteroatoms. The molecule has 1 aromatic carbocycles. The number of rotatable bonds is 6. The molecule has 0 saturated carbocycles. The molecule has 2 aromatic rings. The molecule has 0 aliphatic carbocycles. The zero-order chi connectivity index (χ0) is 21.3. The molecular weight excluding hydrogens is 399 g/mol. The van der Waals surface area contributed by atoms with Crippen LogP contribution in [0.25, 0.3) is 0 Å². The number of furan rings is 1. The summed E-state index contributed by atoms with van der Waals surface area (Å²) < 4.78 is 43.5. The number of imide groups is 1. The van der Waals surface area contributed by atoms with Crippen LogP contribution in [0.3, 0.4) is 0 Å². The number of alkyl halides is 3. The van der Waals surface area contributed by atoms with Crippen molar-refractivity contribution in [3.8, 4) is 0 Å². The van der Waals surface area contributed by atoms with E-state index >= 15 is 0 Å². The predicted molar refractivity (Wildman–Crippen MR) is 88.6 cm³/mol. The Morgan fingerprint density at radius 2 is 1.86 bits per heavy atom. The van der Waals surface area contributed by atoms with Crippen LogP contribution in [-0.4, -0.2) is 51.7 Å². The van der Waals surface area contributed by atoms with Gasteiger partial charge in [0, 0.05) is 12.1 Å². The minimum Gasteiger partial charge on any atom is -0.467 e. The van der Waals surface area contributed by atoms with Gasteiger partial charge in [-0.1, -0.05) is 0 Å². The van der Waals surface area contributed by atoms with Gasteiger partial charge >= 0.3 is 6.18 Å². The fraction of sp³-hybridized carbons (Fsp3) is 0.235. The molecule has 0 unspecified atom stereocenters. The van der Waals surface area contributed by atoms with Crippen LogP contribution in [0.15, 0.2) is 41.0 Å². The monoisotopic (exact) mass is 411 g/mol. The predicted octanol–water partition coefficient (Wildman–Crippen LogP) is 2.37. The number of carbonyl (C=O) groups is 3. The first-order valence-corrected chi connectivity index (χ1v) is 8.08. The third-order valence-corrected chi connectivity index (χ3v) is 4.11. The molecule has 2 heterocycles. The fourth-order valence-electron chi connectivity index (χ4n) is 2.81. The lowest BCUT2D eigenvalue weighted by Gasteiger charge is -2.25. The Hall–Kier alpha value is -3.70. The Morgan fingerprint density at radius 1 is 1.17 bits per heavy atom. The number of halogens is 3. The quantitative estimate of drug-likeness (QED) is 0.410. The second kappa shape index (κ2) is 7.37. The molecule has 0 spiro atoms. The Kier molecular flexibility index (Phi) is 5.10. The normalized spacial score (nSPS) is 13.6. The van der Waals surface area contributed by atoms with Gasteiger partial charge in [-0.15, -0.1) is 0 Å². The molecule has 0 atom stereocenters. The van der Waals surface area contributed by atoms with Crippen LogP contribution < -0.4 is 0 Å². The number of amides is 3. The lowest BCUT2D eigenvalue weighted by atomic mass is 10.1. The highest BCUT2D eigenvalue weighted by Crippen LogP contribution is 2.27. The average molecular weight is 411 g/mol. The molecule has 1 aromatic heterocycles. The highest BCUT2D eigenvalue weighted by molar-refractivity contribution is 6.22. The van der Waals surface area contributed by atoms with E-state index < -0.39 is 54.1 Å². The number of hydrogen-bond acceptors (Lipinski definition) is 6. The number of carbonyl (C=O) groups excluding carboxylic acids is 3. The Bertz CT molecular complexity index is 987. The molecule has 0 saturated heterocycles. The molecule has 0 radical (unpaired) electrons. The topological polar surface area (TPSA) is 114 Å². The van der Waals surface area contributed by atoms with E-state index in [1.54, 1.807) is 0 Å². The van der Waals surface area contributed by atoms with Crippen molar-refractivity contribution in [1.29, 1.82) is 0 Å². The molecule has 152 valence electrons. The van der Waals surface area contributed by atoms with Crippen LogP contribution in [0.2, 0.25) is 0 Å². The van der Waals surface area contributed by atoms with E-state index in [1.165, 1.54) is 18.4 Å². The van der Waals surface area contributed by atoms with E-state index in [9.17, 15) is 37.7 Å². The Balaban J connectivity index is 1.81. The number of nitro benzene ring substituents is 1. The van der Waals surface area contributed by atoms with Gasteiger partial charge in [-0.3, -0.25) is 29.4 Å². The summed E-state index contributed by atoms with van der Waals surface area (Å²) in [4.78, 5) is 48.2. The summed E-state index contributed by atoms with van der Waals surface area (Å²) in [7, 11) is 0. The van der Waals surface area contributed by atoms with Crippen molar-refractivity contribution in [2.24, 2.45) is 0 Å². The summed E-state index contributed by atoms with van der Waals surface area (Å²) in [5.41, 5.74) is -0.887. The number of nitrogens with zero attached hydrogens (tertiary/aromatic N) is 3. The van der Waals surface area contributed by atoms with Crippen molar-refractivity contribution in [1.82, 2.24) is 9.80 Å². The van der Waals surface area contributed by atoms with E-state index in [-0.39, 0.29) is 16.9 Å². The van der Waals surface area contributed by atoms with Crippen LogP contribution in [-0.2, 0) is 11.3 Å². The SMILES string of the molecule is O=C(CN1C(=O)c2ccc([N+](=O)[O-])cc2C1=O)N(Cc1ccco1)CC(F)(F)F. The van der Waals surface area contributed by atoms with Gasteiger partial charge in [0.05, 0.1) is 28.9 Å². The molecule has 3 rings (SSSR count). The molecular formula is C17H12F3N3O6. The first-order valence-electron chi connectivity index (χ1n) is 8.08. The molecule has 29 heavy (non-hydrogen) atoms. The van der Waals surface area contributed by atoms with Gasteiger partial charge < -0.3 is 9.32 Å². The van der Waals surface area contributed by atoms with Gasteiger partial charge in [0.25, 0.3) is 17.5 Å². The van der Waals surface area contributed by atoms with Gasteiger partial charge in [-0.05, 0) is 18.2 Å². The minimum absolute atomic E-state index is 0.0839. The van der Waals surface area contributed by atoms with Crippen molar-refractivity contribution < 1.29 is 36.9 Å². The summed E-state index contributed by atoms with van der Waals surface area (Å²) in [6.07, 6.45) is -3.49. The Labute approximate surface area is 160 Å². The first-order chi connectivity index (χ1) is 13.6.